The first kappa shape index (κ1) is 16.6. The predicted octanol–water partition coefficient (Wildman–Crippen LogP) is 2.90. The molecule has 1 heterocycles. The molecule has 0 bridgehead atoms. The molecule has 7 heteroatoms. The lowest BCUT2D eigenvalue weighted by molar-refractivity contribution is -0.117. The van der Waals surface area contributed by atoms with Gasteiger partial charge in [0.05, 0.1) is 0 Å². The van der Waals surface area contributed by atoms with E-state index in [1.807, 2.05) is 26.0 Å². The number of aryl methyl sites for hydroxylation is 1. The van der Waals surface area contributed by atoms with Crippen LogP contribution in [0.4, 0.5) is 10.1 Å². The van der Waals surface area contributed by atoms with Crippen molar-refractivity contribution < 1.29 is 13.6 Å². The zero-order chi connectivity index (χ0) is 18.0. The van der Waals surface area contributed by atoms with Crippen molar-refractivity contribution in [3.05, 3.63) is 70.0 Å². The van der Waals surface area contributed by atoms with Crippen molar-refractivity contribution in [2.75, 3.05) is 5.32 Å². The highest BCUT2D eigenvalue weighted by molar-refractivity contribution is 5.91. The Morgan fingerprint density at radius 2 is 1.92 bits per heavy atom. The van der Waals surface area contributed by atoms with E-state index in [2.05, 4.69) is 10.4 Å². The summed E-state index contributed by atoms with van der Waals surface area (Å²) in [4.78, 5) is 24.1. The second-order valence-electron chi connectivity index (χ2n) is 5.63. The molecule has 0 spiro atoms. The minimum atomic E-state index is -0.754. The van der Waals surface area contributed by atoms with Gasteiger partial charge in [-0.15, -0.1) is 5.10 Å². The van der Waals surface area contributed by atoms with Gasteiger partial charge in [-0.3, -0.25) is 4.79 Å². The molecule has 1 N–H and O–H groups in total. The van der Waals surface area contributed by atoms with Gasteiger partial charge in [-0.05, 0) is 55.3 Å². The molecule has 0 aliphatic heterocycles. The fraction of sp³-hybridized carbons (Fsp3) is 0.167. The molecule has 25 heavy (non-hydrogen) atoms. The Kier molecular flexibility index (Phi) is 4.47. The summed E-state index contributed by atoms with van der Waals surface area (Å²) < 4.78 is 18.9. The van der Waals surface area contributed by atoms with Crippen molar-refractivity contribution in [3.63, 3.8) is 0 Å². The summed E-state index contributed by atoms with van der Waals surface area (Å²) in [6.45, 7) is 3.57. The van der Waals surface area contributed by atoms with E-state index in [0.29, 0.717) is 11.3 Å². The quantitative estimate of drug-likeness (QED) is 0.791. The first-order valence-electron chi connectivity index (χ1n) is 7.64. The second kappa shape index (κ2) is 6.72. The summed E-state index contributed by atoms with van der Waals surface area (Å²) in [5, 5.41) is 6.74. The number of hydrogen-bond acceptors (Lipinski definition) is 4. The molecule has 2 aromatic carbocycles. The van der Waals surface area contributed by atoms with E-state index in [-0.39, 0.29) is 12.4 Å². The van der Waals surface area contributed by atoms with E-state index in [4.69, 9.17) is 4.42 Å². The fourth-order valence-electron chi connectivity index (χ4n) is 2.33. The lowest BCUT2D eigenvalue weighted by atomic mass is 10.1. The molecule has 1 aromatic heterocycles. The summed E-state index contributed by atoms with van der Waals surface area (Å²) in [7, 11) is 0. The Morgan fingerprint density at radius 3 is 2.64 bits per heavy atom. The summed E-state index contributed by atoms with van der Waals surface area (Å²) in [5.74, 6) is -1.52. The number of anilines is 1. The van der Waals surface area contributed by atoms with Crippen LogP contribution in [-0.2, 0) is 11.3 Å². The van der Waals surface area contributed by atoms with Crippen LogP contribution >= 0.6 is 0 Å². The Hall–Kier alpha value is -3.22. The molecule has 0 unspecified atom stereocenters. The molecule has 0 saturated heterocycles. The van der Waals surface area contributed by atoms with Crippen molar-refractivity contribution in [1.29, 1.82) is 0 Å². The predicted molar refractivity (Wildman–Crippen MR) is 90.7 cm³/mol. The van der Waals surface area contributed by atoms with Gasteiger partial charge in [0.25, 0.3) is 0 Å². The summed E-state index contributed by atoms with van der Waals surface area (Å²) >= 11 is 0. The van der Waals surface area contributed by atoms with Crippen LogP contribution < -0.4 is 11.1 Å². The minimum absolute atomic E-state index is 0.0320. The Bertz CT molecular complexity index is 974. The van der Waals surface area contributed by atoms with Crippen LogP contribution in [0.15, 0.2) is 51.7 Å². The van der Waals surface area contributed by atoms with Crippen molar-refractivity contribution in [3.8, 4) is 11.5 Å². The Morgan fingerprint density at radius 1 is 1.20 bits per heavy atom. The van der Waals surface area contributed by atoms with E-state index in [1.165, 1.54) is 24.3 Å². The molecular weight excluding hydrogens is 325 g/mol. The summed E-state index contributed by atoms with van der Waals surface area (Å²) in [6.07, 6.45) is 0. The Labute approximate surface area is 142 Å². The molecule has 0 radical (unpaired) electrons. The normalized spacial score (nSPS) is 10.7. The van der Waals surface area contributed by atoms with E-state index < -0.39 is 17.5 Å². The van der Waals surface area contributed by atoms with Gasteiger partial charge < -0.3 is 9.73 Å². The number of benzene rings is 2. The van der Waals surface area contributed by atoms with Crippen LogP contribution in [0.1, 0.15) is 11.1 Å². The third-order valence-corrected chi connectivity index (χ3v) is 3.87. The molecular formula is C18H16FN3O3. The molecule has 0 saturated carbocycles. The number of nitrogens with one attached hydrogen (secondary N) is 1. The molecule has 6 nitrogen and oxygen atoms in total. The van der Waals surface area contributed by atoms with Gasteiger partial charge in [-0.1, -0.05) is 12.1 Å². The van der Waals surface area contributed by atoms with Crippen molar-refractivity contribution in [2.45, 2.75) is 20.4 Å². The molecule has 0 aliphatic carbocycles. The number of hydrogen-bond donors (Lipinski definition) is 1. The van der Waals surface area contributed by atoms with Crippen LogP contribution in [0.5, 0.6) is 0 Å². The average Bonchev–Trinajstić information content (AvgIpc) is 2.93. The summed E-state index contributed by atoms with van der Waals surface area (Å²) in [6, 6.07) is 10.9. The van der Waals surface area contributed by atoms with Gasteiger partial charge in [-0.2, -0.15) is 4.68 Å². The highest BCUT2D eigenvalue weighted by atomic mass is 19.1. The highest BCUT2D eigenvalue weighted by Crippen LogP contribution is 2.18. The molecule has 3 rings (SSSR count). The minimum Gasteiger partial charge on any atom is -0.388 e. The van der Waals surface area contributed by atoms with Crippen molar-refractivity contribution in [2.24, 2.45) is 0 Å². The largest absolute Gasteiger partial charge is 0.437 e. The Balaban J connectivity index is 1.77. The zero-order valence-electron chi connectivity index (χ0n) is 13.7. The van der Waals surface area contributed by atoms with Gasteiger partial charge in [-0.25, -0.2) is 9.18 Å². The second-order valence-corrected chi connectivity index (χ2v) is 5.63. The van der Waals surface area contributed by atoms with Gasteiger partial charge in [0.2, 0.25) is 11.8 Å². The highest BCUT2D eigenvalue weighted by Gasteiger charge is 2.14. The van der Waals surface area contributed by atoms with E-state index in [1.54, 1.807) is 6.07 Å². The van der Waals surface area contributed by atoms with Gasteiger partial charge in [0.15, 0.2) is 0 Å². The zero-order valence-corrected chi connectivity index (χ0v) is 13.7. The van der Waals surface area contributed by atoms with Crippen molar-refractivity contribution >= 4 is 11.6 Å². The van der Waals surface area contributed by atoms with Gasteiger partial charge in [0.1, 0.15) is 12.4 Å². The number of amides is 1. The van der Waals surface area contributed by atoms with Crippen molar-refractivity contribution in [1.82, 2.24) is 9.78 Å². The molecule has 0 fully saturated rings. The first-order valence-corrected chi connectivity index (χ1v) is 7.64. The lowest BCUT2D eigenvalue weighted by Crippen LogP contribution is -2.26. The van der Waals surface area contributed by atoms with E-state index in [0.717, 1.165) is 15.8 Å². The number of rotatable bonds is 4. The van der Waals surface area contributed by atoms with Crippen LogP contribution in [0.25, 0.3) is 11.5 Å². The summed E-state index contributed by atoms with van der Waals surface area (Å²) in [5.41, 5.74) is 3.14. The number of aromatic nitrogens is 2. The topological polar surface area (TPSA) is 77.1 Å². The van der Waals surface area contributed by atoms with Crippen LogP contribution in [-0.4, -0.2) is 15.7 Å². The maximum atomic E-state index is 13.0. The first-order chi connectivity index (χ1) is 11.9. The smallest absolute Gasteiger partial charge is 0.388 e. The monoisotopic (exact) mass is 341 g/mol. The van der Waals surface area contributed by atoms with E-state index in [9.17, 15) is 14.0 Å². The third kappa shape index (κ3) is 3.65. The third-order valence-electron chi connectivity index (χ3n) is 3.87. The number of nitrogens with zero attached hydrogens (tertiary/aromatic N) is 2. The van der Waals surface area contributed by atoms with Crippen LogP contribution in [0.2, 0.25) is 0 Å². The maximum Gasteiger partial charge on any atom is 0.437 e. The number of carbonyl (C=O) groups excluding carboxylic acids is 1. The maximum absolute atomic E-state index is 13.0. The van der Waals surface area contributed by atoms with Gasteiger partial charge in [0, 0.05) is 11.3 Å². The molecule has 3 aromatic rings. The number of halogens is 1. The lowest BCUT2D eigenvalue weighted by Gasteiger charge is -2.09. The standard InChI is InChI=1S/C18H16FN3O3/c1-11-4-3-5-15(12(11)2)20-16(23)10-22-18(24)25-17(21-22)13-6-8-14(19)9-7-13/h3-9H,10H2,1-2H3,(H,20,23). The van der Waals surface area contributed by atoms with Crippen LogP contribution in [0.3, 0.4) is 0 Å². The SMILES string of the molecule is Cc1cccc(NC(=O)Cn2nc(-c3ccc(F)cc3)oc2=O)c1C. The molecule has 1 amide bonds. The number of carbonyl (C=O) groups is 1. The molecule has 128 valence electrons. The van der Waals surface area contributed by atoms with E-state index >= 15 is 0 Å². The average molecular weight is 341 g/mol. The fourth-order valence-corrected chi connectivity index (χ4v) is 2.33. The molecule has 0 aliphatic rings. The van der Waals surface area contributed by atoms with Crippen LogP contribution in [0, 0.1) is 19.7 Å². The molecule has 0 atom stereocenters. The van der Waals surface area contributed by atoms with Gasteiger partial charge >= 0.3 is 5.76 Å².